The summed E-state index contributed by atoms with van der Waals surface area (Å²) in [7, 11) is 0. The SMILES string of the molecule is C[C@@H]1C[C@@H](C)CN(C(=O)[C@@H](C)Sc2nc(N)cc(N)n2)C1. The Labute approximate surface area is 129 Å². The molecule has 1 saturated heterocycles. The number of amides is 1. The van der Waals surface area contributed by atoms with Crippen LogP contribution in [0.15, 0.2) is 11.2 Å². The third-order valence-corrected chi connectivity index (χ3v) is 4.50. The molecule has 2 rings (SSSR count). The van der Waals surface area contributed by atoms with E-state index in [1.807, 2.05) is 11.8 Å². The summed E-state index contributed by atoms with van der Waals surface area (Å²) in [6.07, 6.45) is 1.18. The van der Waals surface area contributed by atoms with Gasteiger partial charge in [0.1, 0.15) is 11.6 Å². The molecule has 116 valence electrons. The van der Waals surface area contributed by atoms with Crippen molar-refractivity contribution < 1.29 is 4.79 Å². The van der Waals surface area contributed by atoms with Crippen LogP contribution in [-0.2, 0) is 4.79 Å². The van der Waals surface area contributed by atoms with E-state index in [1.54, 1.807) is 0 Å². The van der Waals surface area contributed by atoms with Gasteiger partial charge < -0.3 is 16.4 Å². The summed E-state index contributed by atoms with van der Waals surface area (Å²) >= 11 is 1.30. The van der Waals surface area contributed by atoms with E-state index in [-0.39, 0.29) is 11.2 Å². The van der Waals surface area contributed by atoms with Gasteiger partial charge in [-0.3, -0.25) is 4.79 Å². The predicted octanol–water partition coefficient (Wildman–Crippen LogP) is 1.63. The Hall–Kier alpha value is -1.50. The molecule has 0 aliphatic carbocycles. The number of nitrogens with zero attached hydrogens (tertiary/aromatic N) is 3. The van der Waals surface area contributed by atoms with Crippen molar-refractivity contribution in [2.24, 2.45) is 11.8 Å². The van der Waals surface area contributed by atoms with Gasteiger partial charge in [-0.2, -0.15) is 0 Å². The van der Waals surface area contributed by atoms with Crippen molar-refractivity contribution in [3.63, 3.8) is 0 Å². The topological polar surface area (TPSA) is 98.1 Å². The number of piperidine rings is 1. The molecule has 4 N–H and O–H groups in total. The second kappa shape index (κ2) is 6.51. The van der Waals surface area contributed by atoms with Gasteiger partial charge in [0.2, 0.25) is 5.91 Å². The lowest BCUT2D eigenvalue weighted by Gasteiger charge is -2.36. The van der Waals surface area contributed by atoms with Gasteiger partial charge >= 0.3 is 0 Å². The van der Waals surface area contributed by atoms with E-state index in [2.05, 4.69) is 23.8 Å². The first-order chi connectivity index (χ1) is 9.85. The Kier molecular flexibility index (Phi) is 4.92. The van der Waals surface area contributed by atoms with Crippen LogP contribution < -0.4 is 11.5 Å². The van der Waals surface area contributed by atoms with Crippen molar-refractivity contribution in [3.8, 4) is 0 Å². The molecule has 3 atom stereocenters. The van der Waals surface area contributed by atoms with Crippen molar-refractivity contribution in [2.45, 2.75) is 37.6 Å². The third-order valence-electron chi connectivity index (χ3n) is 3.56. The zero-order valence-corrected chi connectivity index (χ0v) is 13.6. The van der Waals surface area contributed by atoms with E-state index in [4.69, 9.17) is 11.5 Å². The predicted molar refractivity (Wildman–Crippen MR) is 85.7 cm³/mol. The number of anilines is 2. The molecule has 7 heteroatoms. The summed E-state index contributed by atoms with van der Waals surface area (Å²) in [5, 5.41) is 0.204. The Bertz CT molecular complexity index is 494. The Morgan fingerprint density at radius 1 is 1.29 bits per heavy atom. The molecule has 0 bridgehead atoms. The first kappa shape index (κ1) is 15.9. The van der Waals surface area contributed by atoms with Gasteiger partial charge in [0, 0.05) is 19.2 Å². The lowest BCUT2D eigenvalue weighted by molar-refractivity contribution is -0.132. The molecule has 0 unspecified atom stereocenters. The highest BCUT2D eigenvalue weighted by Gasteiger charge is 2.29. The number of rotatable bonds is 3. The van der Waals surface area contributed by atoms with Crippen molar-refractivity contribution >= 4 is 29.3 Å². The Balaban J connectivity index is 2.02. The summed E-state index contributed by atoms with van der Waals surface area (Å²) in [5.41, 5.74) is 11.3. The molecule has 1 fully saturated rings. The maximum Gasteiger partial charge on any atom is 0.235 e. The number of carbonyl (C=O) groups excluding carboxylic acids is 1. The zero-order chi connectivity index (χ0) is 15.6. The smallest absolute Gasteiger partial charge is 0.235 e. The summed E-state index contributed by atoms with van der Waals surface area (Å²) in [6, 6.07) is 1.50. The zero-order valence-electron chi connectivity index (χ0n) is 12.7. The number of carbonyl (C=O) groups is 1. The van der Waals surface area contributed by atoms with Gasteiger partial charge in [0.05, 0.1) is 5.25 Å². The minimum atomic E-state index is -0.247. The van der Waals surface area contributed by atoms with Crippen LogP contribution in [0.5, 0.6) is 0 Å². The summed E-state index contributed by atoms with van der Waals surface area (Å²) in [6.45, 7) is 7.91. The minimum absolute atomic E-state index is 0.128. The van der Waals surface area contributed by atoms with Crippen LogP contribution in [0, 0.1) is 11.8 Å². The van der Waals surface area contributed by atoms with Crippen molar-refractivity contribution in [2.75, 3.05) is 24.6 Å². The van der Waals surface area contributed by atoms with Gasteiger partial charge in [0.15, 0.2) is 5.16 Å². The summed E-state index contributed by atoms with van der Waals surface area (Å²) in [4.78, 5) is 22.7. The molecular weight excluding hydrogens is 286 g/mol. The average molecular weight is 309 g/mol. The van der Waals surface area contributed by atoms with E-state index in [0.717, 1.165) is 13.1 Å². The molecule has 0 spiro atoms. The fourth-order valence-corrected chi connectivity index (χ4v) is 3.71. The first-order valence-electron chi connectivity index (χ1n) is 7.20. The van der Waals surface area contributed by atoms with Crippen LogP contribution in [0.25, 0.3) is 0 Å². The number of hydrogen-bond acceptors (Lipinski definition) is 6. The van der Waals surface area contributed by atoms with E-state index >= 15 is 0 Å². The highest BCUT2D eigenvalue weighted by Crippen LogP contribution is 2.26. The minimum Gasteiger partial charge on any atom is -0.383 e. The molecule has 1 amide bonds. The third kappa shape index (κ3) is 4.23. The quantitative estimate of drug-likeness (QED) is 0.650. The van der Waals surface area contributed by atoms with Crippen LogP contribution in [-0.4, -0.2) is 39.1 Å². The highest BCUT2D eigenvalue weighted by molar-refractivity contribution is 8.00. The first-order valence-corrected chi connectivity index (χ1v) is 8.08. The van der Waals surface area contributed by atoms with Crippen LogP contribution >= 0.6 is 11.8 Å². The van der Waals surface area contributed by atoms with Crippen molar-refractivity contribution in [3.05, 3.63) is 6.07 Å². The van der Waals surface area contributed by atoms with Crippen molar-refractivity contribution in [1.29, 1.82) is 0 Å². The normalized spacial score (nSPS) is 23.9. The molecule has 6 nitrogen and oxygen atoms in total. The average Bonchev–Trinajstić information content (AvgIpc) is 2.35. The monoisotopic (exact) mass is 309 g/mol. The van der Waals surface area contributed by atoms with Gasteiger partial charge in [-0.25, -0.2) is 9.97 Å². The molecule has 1 aliphatic rings. The lowest BCUT2D eigenvalue weighted by atomic mass is 9.92. The Morgan fingerprint density at radius 3 is 2.33 bits per heavy atom. The Morgan fingerprint density at radius 2 is 1.81 bits per heavy atom. The largest absolute Gasteiger partial charge is 0.383 e. The summed E-state index contributed by atoms with van der Waals surface area (Å²) < 4.78 is 0. The maximum absolute atomic E-state index is 12.6. The number of nitrogen functional groups attached to an aromatic ring is 2. The van der Waals surface area contributed by atoms with Crippen LogP contribution in [0.4, 0.5) is 11.6 Å². The molecule has 1 aliphatic heterocycles. The lowest BCUT2D eigenvalue weighted by Crippen LogP contribution is -2.45. The van der Waals surface area contributed by atoms with Crippen LogP contribution in [0.3, 0.4) is 0 Å². The van der Waals surface area contributed by atoms with Gasteiger partial charge in [-0.15, -0.1) is 0 Å². The van der Waals surface area contributed by atoms with Gasteiger partial charge in [-0.05, 0) is 25.2 Å². The highest BCUT2D eigenvalue weighted by atomic mass is 32.2. The van der Waals surface area contributed by atoms with Gasteiger partial charge in [-0.1, -0.05) is 25.6 Å². The number of likely N-dealkylation sites (tertiary alicyclic amines) is 1. The van der Waals surface area contributed by atoms with E-state index in [0.29, 0.717) is 28.6 Å². The van der Waals surface area contributed by atoms with E-state index in [9.17, 15) is 4.79 Å². The van der Waals surface area contributed by atoms with Crippen LogP contribution in [0.2, 0.25) is 0 Å². The number of nitrogens with two attached hydrogens (primary N) is 2. The number of aromatic nitrogens is 2. The van der Waals surface area contributed by atoms with E-state index < -0.39 is 0 Å². The molecule has 1 aromatic rings. The van der Waals surface area contributed by atoms with E-state index in [1.165, 1.54) is 24.2 Å². The molecule has 0 saturated carbocycles. The molecule has 0 aromatic carbocycles. The second-order valence-corrected chi connectivity index (χ2v) is 7.26. The van der Waals surface area contributed by atoms with Crippen molar-refractivity contribution in [1.82, 2.24) is 14.9 Å². The molecular formula is C14H23N5OS. The fraction of sp³-hybridized carbons (Fsp3) is 0.643. The number of hydrogen-bond donors (Lipinski definition) is 2. The van der Waals surface area contributed by atoms with Gasteiger partial charge in [0.25, 0.3) is 0 Å². The molecule has 2 heterocycles. The second-order valence-electron chi connectivity index (χ2n) is 5.95. The molecule has 0 radical (unpaired) electrons. The van der Waals surface area contributed by atoms with Crippen LogP contribution in [0.1, 0.15) is 27.2 Å². The molecule has 1 aromatic heterocycles. The summed E-state index contributed by atoms with van der Waals surface area (Å²) in [5.74, 6) is 1.88. The fourth-order valence-electron chi connectivity index (χ4n) is 2.82. The molecule has 21 heavy (non-hydrogen) atoms. The standard InChI is InChI=1S/C14H23N5OS/c1-8-4-9(2)7-19(6-8)13(20)10(3)21-14-17-11(15)5-12(16)18-14/h5,8-10H,4,6-7H2,1-3H3,(H4,15,16,17,18)/t8-,9-,10-/m1/s1. The maximum atomic E-state index is 12.6. The number of thioether (sulfide) groups is 1.